The number of carbonyl (C=O) groups is 1. The van der Waals surface area contributed by atoms with E-state index < -0.39 is 9.84 Å². The zero-order valence-corrected chi connectivity index (χ0v) is 14.0. The molecule has 122 valence electrons. The standard InChI is InChI=1S/C14H15ClN4O3S/c1-10-13(14(20)18-5-7-23(21,22)8-6-18)16-17-19(10)12-4-2-3-11(15)9-12/h2-4,9H,5-8H2,1H3. The molecule has 2 aromatic rings. The molecule has 0 saturated carbocycles. The minimum atomic E-state index is -3.03. The van der Waals surface area contributed by atoms with Crippen molar-refractivity contribution < 1.29 is 13.2 Å². The van der Waals surface area contributed by atoms with Crippen molar-refractivity contribution in [3.05, 3.63) is 40.7 Å². The van der Waals surface area contributed by atoms with Gasteiger partial charge in [-0.15, -0.1) is 5.10 Å². The van der Waals surface area contributed by atoms with E-state index in [0.717, 1.165) is 0 Å². The van der Waals surface area contributed by atoms with Crippen molar-refractivity contribution in [2.75, 3.05) is 24.6 Å². The Morgan fingerprint density at radius 2 is 1.96 bits per heavy atom. The summed E-state index contributed by atoms with van der Waals surface area (Å²) in [6.07, 6.45) is 0. The number of carbonyl (C=O) groups excluding carboxylic acids is 1. The van der Waals surface area contributed by atoms with Crippen molar-refractivity contribution in [3.63, 3.8) is 0 Å². The molecule has 0 radical (unpaired) electrons. The summed E-state index contributed by atoms with van der Waals surface area (Å²) in [5.41, 5.74) is 1.53. The molecule has 1 fully saturated rings. The van der Waals surface area contributed by atoms with Crippen LogP contribution in [0.25, 0.3) is 5.69 Å². The summed E-state index contributed by atoms with van der Waals surface area (Å²) in [7, 11) is -3.03. The lowest BCUT2D eigenvalue weighted by molar-refractivity contribution is 0.0763. The van der Waals surface area contributed by atoms with E-state index in [4.69, 9.17) is 11.6 Å². The first-order valence-corrected chi connectivity index (χ1v) is 9.25. The minimum absolute atomic E-state index is 0.0137. The highest BCUT2D eigenvalue weighted by molar-refractivity contribution is 7.91. The molecule has 1 saturated heterocycles. The second-order valence-corrected chi connectivity index (χ2v) is 8.10. The highest BCUT2D eigenvalue weighted by Gasteiger charge is 2.28. The van der Waals surface area contributed by atoms with Crippen LogP contribution in [-0.4, -0.2) is 58.8 Å². The van der Waals surface area contributed by atoms with Gasteiger partial charge in [0.1, 0.15) is 0 Å². The summed E-state index contributed by atoms with van der Waals surface area (Å²) >= 11 is 5.97. The maximum absolute atomic E-state index is 12.5. The fraction of sp³-hybridized carbons (Fsp3) is 0.357. The summed E-state index contributed by atoms with van der Waals surface area (Å²) in [4.78, 5) is 14.0. The fourth-order valence-corrected chi connectivity index (χ4v) is 3.83. The number of sulfone groups is 1. The van der Waals surface area contributed by atoms with Crippen LogP contribution >= 0.6 is 11.6 Å². The van der Waals surface area contributed by atoms with Gasteiger partial charge in [-0.05, 0) is 25.1 Å². The molecule has 9 heteroatoms. The minimum Gasteiger partial charge on any atom is -0.335 e. The predicted molar refractivity (Wildman–Crippen MR) is 85.7 cm³/mol. The van der Waals surface area contributed by atoms with E-state index in [1.54, 1.807) is 29.8 Å². The number of benzene rings is 1. The molecule has 0 N–H and O–H groups in total. The highest BCUT2D eigenvalue weighted by Crippen LogP contribution is 2.18. The molecule has 0 atom stereocenters. The molecule has 0 bridgehead atoms. The van der Waals surface area contributed by atoms with Crippen LogP contribution in [-0.2, 0) is 9.84 Å². The number of rotatable bonds is 2. The molecule has 1 aliphatic rings. The molecule has 0 spiro atoms. The second kappa shape index (κ2) is 5.93. The van der Waals surface area contributed by atoms with Gasteiger partial charge in [-0.1, -0.05) is 22.9 Å². The topological polar surface area (TPSA) is 85.2 Å². The molecule has 2 heterocycles. The molecule has 1 aromatic carbocycles. The van der Waals surface area contributed by atoms with Crippen LogP contribution in [0.5, 0.6) is 0 Å². The van der Waals surface area contributed by atoms with Crippen LogP contribution in [0.15, 0.2) is 24.3 Å². The van der Waals surface area contributed by atoms with Gasteiger partial charge in [0, 0.05) is 18.1 Å². The van der Waals surface area contributed by atoms with Gasteiger partial charge in [0.15, 0.2) is 15.5 Å². The van der Waals surface area contributed by atoms with Gasteiger partial charge in [-0.2, -0.15) is 0 Å². The Balaban J connectivity index is 1.86. The Kier molecular flexibility index (Phi) is 4.11. The quantitative estimate of drug-likeness (QED) is 0.806. The number of amides is 1. The Morgan fingerprint density at radius 3 is 2.61 bits per heavy atom. The van der Waals surface area contributed by atoms with E-state index in [0.29, 0.717) is 16.4 Å². The van der Waals surface area contributed by atoms with Gasteiger partial charge in [0.2, 0.25) is 0 Å². The molecule has 7 nitrogen and oxygen atoms in total. The van der Waals surface area contributed by atoms with Crippen LogP contribution in [0.4, 0.5) is 0 Å². The fourth-order valence-electron chi connectivity index (χ4n) is 2.45. The van der Waals surface area contributed by atoms with Gasteiger partial charge in [0.05, 0.1) is 22.9 Å². The first kappa shape index (κ1) is 15.9. The van der Waals surface area contributed by atoms with Crippen LogP contribution in [0.3, 0.4) is 0 Å². The maximum Gasteiger partial charge on any atom is 0.276 e. The van der Waals surface area contributed by atoms with Crippen LogP contribution in [0.2, 0.25) is 5.02 Å². The molecular weight excluding hydrogens is 340 g/mol. The largest absolute Gasteiger partial charge is 0.335 e. The van der Waals surface area contributed by atoms with E-state index in [1.165, 1.54) is 4.90 Å². The third kappa shape index (κ3) is 3.23. The van der Waals surface area contributed by atoms with Crippen molar-refractivity contribution in [2.24, 2.45) is 0 Å². The van der Waals surface area contributed by atoms with Crippen LogP contribution < -0.4 is 0 Å². The summed E-state index contributed by atoms with van der Waals surface area (Å²) in [5.74, 6) is -0.328. The maximum atomic E-state index is 12.5. The van der Waals surface area contributed by atoms with Gasteiger partial charge in [-0.3, -0.25) is 4.79 Å². The predicted octanol–water partition coefficient (Wildman–Crippen LogP) is 1.10. The lowest BCUT2D eigenvalue weighted by Gasteiger charge is -2.26. The zero-order valence-electron chi connectivity index (χ0n) is 12.4. The summed E-state index contributed by atoms with van der Waals surface area (Å²) < 4.78 is 24.5. The van der Waals surface area contributed by atoms with Crippen LogP contribution in [0.1, 0.15) is 16.2 Å². The third-order valence-corrected chi connectivity index (χ3v) is 5.63. The van der Waals surface area contributed by atoms with Crippen molar-refractivity contribution in [1.29, 1.82) is 0 Å². The molecule has 1 amide bonds. The lowest BCUT2D eigenvalue weighted by atomic mass is 10.2. The van der Waals surface area contributed by atoms with E-state index in [9.17, 15) is 13.2 Å². The third-order valence-electron chi connectivity index (χ3n) is 3.78. The van der Waals surface area contributed by atoms with Gasteiger partial charge >= 0.3 is 0 Å². The van der Waals surface area contributed by atoms with E-state index in [1.807, 2.05) is 6.07 Å². The number of nitrogens with zero attached hydrogens (tertiary/aromatic N) is 4. The normalized spacial score (nSPS) is 17.2. The summed E-state index contributed by atoms with van der Waals surface area (Å²) in [6, 6.07) is 7.08. The summed E-state index contributed by atoms with van der Waals surface area (Å²) in [6.45, 7) is 2.12. The number of hydrogen-bond donors (Lipinski definition) is 0. The van der Waals surface area contributed by atoms with Crippen LogP contribution in [0, 0.1) is 6.92 Å². The smallest absolute Gasteiger partial charge is 0.276 e. The van der Waals surface area contributed by atoms with Gasteiger partial charge in [-0.25, -0.2) is 13.1 Å². The van der Waals surface area contributed by atoms with Crippen molar-refractivity contribution >= 4 is 27.3 Å². The van der Waals surface area contributed by atoms with Gasteiger partial charge < -0.3 is 4.90 Å². The van der Waals surface area contributed by atoms with Crippen molar-refractivity contribution in [2.45, 2.75) is 6.92 Å². The molecule has 0 aliphatic carbocycles. The SMILES string of the molecule is Cc1c(C(=O)N2CCS(=O)(=O)CC2)nnn1-c1cccc(Cl)c1. The average Bonchev–Trinajstić information content (AvgIpc) is 2.88. The molecule has 1 aliphatic heterocycles. The first-order chi connectivity index (χ1) is 10.9. The number of aromatic nitrogens is 3. The van der Waals surface area contributed by atoms with Crippen molar-refractivity contribution in [1.82, 2.24) is 19.9 Å². The number of hydrogen-bond acceptors (Lipinski definition) is 5. The second-order valence-electron chi connectivity index (χ2n) is 5.36. The Bertz CT molecular complexity index is 849. The van der Waals surface area contributed by atoms with E-state index >= 15 is 0 Å². The molecule has 23 heavy (non-hydrogen) atoms. The summed E-state index contributed by atoms with van der Waals surface area (Å²) in [5, 5.41) is 8.54. The molecular formula is C14H15ClN4O3S. The first-order valence-electron chi connectivity index (χ1n) is 7.05. The number of halogens is 1. The van der Waals surface area contributed by atoms with Crippen molar-refractivity contribution in [3.8, 4) is 5.69 Å². The zero-order chi connectivity index (χ0) is 16.6. The monoisotopic (exact) mass is 354 g/mol. The average molecular weight is 355 g/mol. The molecule has 1 aromatic heterocycles. The molecule has 0 unspecified atom stereocenters. The van der Waals surface area contributed by atoms with E-state index in [-0.39, 0.29) is 36.2 Å². The van der Waals surface area contributed by atoms with Gasteiger partial charge in [0.25, 0.3) is 5.91 Å². The Morgan fingerprint density at radius 1 is 1.26 bits per heavy atom. The lowest BCUT2D eigenvalue weighted by Crippen LogP contribution is -2.44. The van der Waals surface area contributed by atoms with E-state index in [2.05, 4.69) is 10.3 Å². The Hall–Kier alpha value is -1.93. The molecule has 3 rings (SSSR count). The highest BCUT2D eigenvalue weighted by atomic mass is 35.5. The Labute approximate surface area is 138 Å².